The molecule has 3 nitrogen and oxygen atoms in total. The largest absolute Gasteiger partial charge is 0.456 e. The van der Waals surface area contributed by atoms with Gasteiger partial charge in [0.05, 0.1) is 11.4 Å². The maximum atomic E-state index is 7.25. The lowest BCUT2D eigenvalue weighted by molar-refractivity contribution is 0.660. The van der Waals surface area contributed by atoms with E-state index in [1.165, 1.54) is 33.0 Å². The topological polar surface area (TPSA) is 29.5 Å². The molecule has 0 spiro atoms. The summed E-state index contributed by atoms with van der Waals surface area (Å²) < 4.78 is 13.8. The summed E-state index contributed by atoms with van der Waals surface area (Å²) >= 11 is 0. The van der Waals surface area contributed by atoms with Gasteiger partial charge in [-0.25, -0.2) is 0 Å². The molecule has 0 saturated carbocycles. The zero-order valence-electron chi connectivity index (χ0n) is 32.2. The van der Waals surface area contributed by atoms with E-state index in [2.05, 4.69) is 201 Å². The van der Waals surface area contributed by atoms with Crippen LogP contribution >= 0.6 is 0 Å². The smallest absolute Gasteiger partial charge is 0.160 e. The molecule has 0 bridgehead atoms. The van der Waals surface area contributed by atoms with E-state index in [-0.39, 0.29) is 5.41 Å². The first-order valence-corrected chi connectivity index (χ1v) is 20.0. The van der Waals surface area contributed by atoms with E-state index in [0.29, 0.717) is 0 Å². The molecule has 274 valence electrons. The molecule has 1 aliphatic rings. The summed E-state index contributed by atoms with van der Waals surface area (Å²) in [5.41, 5.74) is 16.1. The van der Waals surface area contributed by atoms with E-state index in [1.54, 1.807) is 0 Å². The predicted molar refractivity (Wildman–Crippen MR) is 242 cm³/mol. The van der Waals surface area contributed by atoms with Crippen molar-refractivity contribution in [3.8, 4) is 33.4 Å². The summed E-state index contributed by atoms with van der Waals surface area (Å²) in [6.07, 6.45) is 0. The van der Waals surface area contributed by atoms with Crippen LogP contribution in [0.2, 0.25) is 0 Å². The van der Waals surface area contributed by atoms with Gasteiger partial charge in [-0.2, -0.15) is 0 Å². The van der Waals surface area contributed by atoms with E-state index >= 15 is 0 Å². The number of hydrogen-bond donors (Lipinski definition) is 0. The highest BCUT2D eigenvalue weighted by Gasteiger charge is 2.36. The normalized spacial score (nSPS) is 13.1. The van der Waals surface area contributed by atoms with Gasteiger partial charge in [-0.15, -0.1) is 0 Å². The molecule has 0 fully saturated rings. The minimum absolute atomic E-state index is 0.173. The summed E-state index contributed by atoms with van der Waals surface area (Å²) in [4.78, 5) is 2.42. The Kier molecular flexibility index (Phi) is 6.98. The van der Waals surface area contributed by atoms with Crippen LogP contribution in [0.4, 0.5) is 17.1 Å². The second-order valence-electron chi connectivity index (χ2n) is 16.0. The highest BCUT2D eigenvalue weighted by atomic mass is 16.3. The van der Waals surface area contributed by atoms with Crippen LogP contribution in [-0.2, 0) is 5.41 Å². The van der Waals surface area contributed by atoms with Gasteiger partial charge in [-0.3, -0.25) is 0 Å². The van der Waals surface area contributed by atoms with E-state index in [0.717, 1.165) is 83.2 Å². The van der Waals surface area contributed by atoms with Crippen LogP contribution < -0.4 is 4.90 Å². The molecule has 0 atom stereocenters. The number of furan rings is 2. The Hall–Kier alpha value is -7.36. The molecule has 0 unspecified atom stereocenters. The quantitative estimate of drug-likeness (QED) is 0.176. The number of rotatable bonds is 5. The third-order valence-corrected chi connectivity index (χ3v) is 12.5. The molecule has 9 aromatic carbocycles. The van der Waals surface area contributed by atoms with Gasteiger partial charge < -0.3 is 13.7 Å². The van der Waals surface area contributed by atoms with Gasteiger partial charge in [-0.05, 0) is 92.2 Å². The Morgan fingerprint density at radius 3 is 1.93 bits per heavy atom. The van der Waals surface area contributed by atoms with Crippen molar-refractivity contribution < 1.29 is 8.83 Å². The molecule has 3 heteroatoms. The first-order valence-electron chi connectivity index (χ1n) is 20.0. The number of nitrogens with zero attached hydrogens (tertiary/aromatic N) is 1. The molecule has 2 heterocycles. The Morgan fingerprint density at radius 1 is 0.397 bits per heavy atom. The van der Waals surface area contributed by atoms with Crippen molar-refractivity contribution in [2.24, 2.45) is 0 Å². The standard InChI is InChI=1S/C55H37NO2/c1-55(2)44-24-11-8-21-40(44)41-28-27-36(33-45(41)55)56(46-25-12-9-20-38(46)35-15-4-3-5-16-35)47-30-29-42(39-23-14-18-34-17-6-7-19-37(34)39)52-53-50(58-54(47)52)32-31-49-51(53)43-22-10-13-26-48(43)57-49/h3-33H,1-2H3. The third-order valence-electron chi connectivity index (χ3n) is 12.5. The SMILES string of the molecule is CC1(C)c2ccccc2-c2ccc(N(c3ccccc3-c3ccccc3)c3ccc(-c4cccc5ccccc45)c4c3oc3ccc5oc6ccccc6c5c34)cc21. The highest BCUT2D eigenvalue weighted by molar-refractivity contribution is 6.30. The number of anilines is 3. The van der Waals surface area contributed by atoms with Crippen molar-refractivity contribution in [3.05, 3.63) is 199 Å². The van der Waals surface area contributed by atoms with E-state index in [1.807, 2.05) is 6.07 Å². The lowest BCUT2D eigenvalue weighted by Gasteiger charge is -2.30. The second kappa shape index (κ2) is 12.3. The first-order chi connectivity index (χ1) is 28.5. The second-order valence-corrected chi connectivity index (χ2v) is 16.0. The number of para-hydroxylation sites is 2. The van der Waals surface area contributed by atoms with Crippen LogP contribution in [0.1, 0.15) is 25.0 Å². The third kappa shape index (κ3) is 4.68. The fourth-order valence-corrected chi connectivity index (χ4v) is 9.79. The summed E-state index contributed by atoms with van der Waals surface area (Å²) in [7, 11) is 0. The van der Waals surface area contributed by atoms with Gasteiger partial charge in [0, 0.05) is 38.2 Å². The molecule has 2 aromatic heterocycles. The zero-order valence-corrected chi connectivity index (χ0v) is 32.2. The molecule has 0 aliphatic heterocycles. The van der Waals surface area contributed by atoms with Gasteiger partial charge in [0.1, 0.15) is 16.7 Å². The van der Waals surface area contributed by atoms with Crippen LogP contribution in [0, 0.1) is 0 Å². The van der Waals surface area contributed by atoms with E-state index in [9.17, 15) is 0 Å². The van der Waals surface area contributed by atoms with Crippen molar-refractivity contribution in [2.45, 2.75) is 19.3 Å². The Balaban J connectivity index is 1.22. The maximum absolute atomic E-state index is 7.25. The number of hydrogen-bond acceptors (Lipinski definition) is 3. The average molecular weight is 744 g/mol. The number of benzene rings is 9. The molecule has 12 rings (SSSR count). The minimum Gasteiger partial charge on any atom is -0.456 e. The fourth-order valence-electron chi connectivity index (χ4n) is 9.79. The van der Waals surface area contributed by atoms with Crippen molar-refractivity contribution in [1.29, 1.82) is 0 Å². The van der Waals surface area contributed by atoms with E-state index in [4.69, 9.17) is 8.83 Å². The zero-order chi connectivity index (χ0) is 38.5. The molecule has 58 heavy (non-hydrogen) atoms. The molecular weight excluding hydrogens is 707 g/mol. The van der Waals surface area contributed by atoms with Crippen molar-refractivity contribution in [1.82, 2.24) is 0 Å². The minimum atomic E-state index is -0.173. The van der Waals surface area contributed by atoms with Crippen molar-refractivity contribution in [2.75, 3.05) is 4.90 Å². The summed E-state index contributed by atoms with van der Waals surface area (Å²) in [6.45, 7) is 4.70. The molecule has 0 saturated heterocycles. The van der Waals surface area contributed by atoms with Crippen LogP contribution in [0.25, 0.3) is 88.0 Å². The van der Waals surface area contributed by atoms with Crippen molar-refractivity contribution in [3.63, 3.8) is 0 Å². The lowest BCUT2D eigenvalue weighted by atomic mass is 9.82. The predicted octanol–water partition coefficient (Wildman–Crippen LogP) is 15.7. The van der Waals surface area contributed by atoms with Crippen LogP contribution in [-0.4, -0.2) is 0 Å². The van der Waals surface area contributed by atoms with Crippen LogP contribution in [0.15, 0.2) is 197 Å². The van der Waals surface area contributed by atoms with Gasteiger partial charge >= 0.3 is 0 Å². The number of fused-ring (bicyclic) bond motifs is 11. The van der Waals surface area contributed by atoms with Crippen LogP contribution in [0.3, 0.4) is 0 Å². The molecule has 11 aromatic rings. The highest BCUT2D eigenvalue weighted by Crippen LogP contribution is 2.54. The summed E-state index contributed by atoms with van der Waals surface area (Å²) in [5, 5.41) is 6.67. The summed E-state index contributed by atoms with van der Waals surface area (Å²) in [6, 6.07) is 67.6. The Bertz CT molecular complexity index is 3430. The molecule has 0 amide bonds. The molecule has 0 radical (unpaired) electrons. The van der Waals surface area contributed by atoms with Gasteiger partial charge in [-0.1, -0.05) is 159 Å². The maximum Gasteiger partial charge on any atom is 0.160 e. The van der Waals surface area contributed by atoms with E-state index < -0.39 is 0 Å². The lowest BCUT2D eigenvalue weighted by Crippen LogP contribution is -2.17. The molecule has 1 aliphatic carbocycles. The fraction of sp³-hybridized carbons (Fsp3) is 0.0545. The Morgan fingerprint density at radius 2 is 1.05 bits per heavy atom. The van der Waals surface area contributed by atoms with Crippen LogP contribution in [0.5, 0.6) is 0 Å². The Labute approximate surface area is 336 Å². The van der Waals surface area contributed by atoms with Gasteiger partial charge in [0.2, 0.25) is 0 Å². The average Bonchev–Trinajstić information content (AvgIpc) is 3.92. The molecule has 0 N–H and O–H groups in total. The monoisotopic (exact) mass is 743 g/mol. The molecular formula is C55H37NO2. The van der Waals surface area contributed by atoms with Gasteiger partial charge in [0.25, 0.3) is 0 Å². The summed E-state index contributed by atoms with van der Waals surface area (Å²) in [5.74, 6) is 0. The first kappa shape index (κ1) is 32.8. The van der Waals surface area contributed by atoms with Crippen molar-refractivity contribution >= 4 is 71.7 Å². The van der Waals surface area contributed by atoms with Gasteiger partial charge in [0.15, 0.2) is 5.58 Å².